The number of methoxy groups -OCH3 is 1. The highest BCUT2D eigenvalue weighted by Gasteiger charge is 2.13. The molecule has 82 valence electrons. The molecule has 1 rings (SSSR count). The summed E-state index contributed by atoms with van der Waals surface area (Å²) in [7, 11) is 1.80. The summed E-state index contributed by atoms with van der Waals surface area (Å²) in [6, 6.07) is 0. The van der Waals surface area contributed by atoms with Crippen LogP contribution in [0.3, 0.4) is 0 Å². The lowest BCUT2D eigenvalue weighted by atomic mass is 9.88. The normalized spacial score (nSPS) is 22.6. The Balaban J connectivity index is 2.35. The highest BCUT2D eigenvalue weighted by Crippen LogP contribution is 2.26. The Morgan fingerprint density at radius 1 is 1.50 bits per heavy atom. The molecule has 0 N–H and O–H groups in total. The second-order valence-electron chi connectivity index (χ2n) is 4.87. The zero-order valence-corrected chi connectivity index (χ0v) is 9.88. The van der Waals surface area contributed by atoms with Gasteiger partial charge in [-0.2, -0.15) is 0 Å². The lowest BCUT2D eigenvalue weighted by Crippen LogP contribution is -2.10. The van der Waals surface area contributed by atoms with Crippen molar-refractivity contribution in [2.24, 2.45) is 11.8 Å². The minimum Gasteiger partial charge on any atom is -0.384 e. The summed E-state index contributed by atoms with van der Waals surface area (Å²) in [6.45, 7) is 5.51. The monoisotopic (exact) mass is 196 g/mol. The highest BCUT2D eigenvalue weighted by molar-refractivity contribution is 5.08. The van der Waals surface area contributed by atoms with E-state index in [4.69, 9.17) is 4.74 Å². The Bertz CT molecular complexity index is 182. The van der Waals surface area contributed by atoms with Crippen molar-refractivity contribution in [3.63, 3.8) is 0 Å². The molecular formula is C13H24O. The van der Waals surface area contributed by atoms with Gasteiger partial charge in [0.2, 0.25) is 0 Å². The van der Waals surface area contributed by atoms with Crippen molar-refractivity contribution in [2.45, 2.75) is 46.0 Å². The van der Waals surface area contributed by atoms with E-state index < -0.39 is 0 Å². The van der Waals surface area contributed by atoms with E-state index in [9.17, 15) is 0 Å². The van der Waals surface area contributed by atoms with Gasteiger partial charge >= 0.3 is 0 Å². The molecule has 0 saturated carbocycles. The summed E-state index contributed by atoms with van der Waals surface area (Å²) in [5.41, 5.74) is 1.67. The molecule has 0 radical (unpaired) electrons. The topological polar surface area (TPSA) is 9.23 Å². The first-order chi connectivity index (χ1) is 6.72. The molecule has 0 bridgehead atoms. The van der Waals surface area contributed by atoms with E-state index in [0.29, 0.717) is 5.92 Å². The lowest BCUT2D eigenvalue weighted by molar-refractivity contribution is 0.162. The van der Waals surface area contributed by atoms with E-state index >= 15 is 0 Å². The smallest absolute Gasteiger partial charge is 0.0525 e. The third-order valence-electron chi connectivity index (χ3n) is 2.97. The average Bonchev–Trinajstić information content (AvgIpc) is 2.16. The number of ether oxygens (including phenoxy) is 1. The molecule has 1 unspecified atom stereocenters. The fourth-order valence-corrected chi connectivity index (χ4v) is 2.12. The van der Waals surface area contributed by atoms with Crippen LogP contribution in [0.5, 0.6) is 0 Å². The standard InChI is InChI=1S/C13H24O/c1-11(2)7-8-12-5-4-6-13(9-12)10-14-3/h9,11,13H,4-8,10H2,1-3H3. The summed E-state index contributed by atoms with van der Waals surface area (Å²) in [5, 5.41) is 0. The van der Waals surface area contributed by atoms with Crippen LogP contribution in [-0.4, -0.2) is 13.7 Å². The predicted molar refractivity (Wildman–Crippen MR) is 61.4 cm³/mol. The van der Waals surface area contributed by atoms with Crippen LogP contribution < -0.4 is 0 Å². The Hall–Kier alpha value is -0.300. The molecular weight excluding hydrogens is 172 g/mol. The van der Waals surface area contributed by atoms with Gasteiger partial charge in [-0.05, 0) is 38.0 Å². The van der Waals surface area contributed by atoms with Gasteiger partial charge in [-0.3, -0.25) is 0 Å². The number of allylic oxidation sites excluding steroid dienone is 1. The van der Waals surface area contributed by atoms with Crippen LogP contribution >= 0.6 is 0 Å². The SMILES string of the molecule is COCC1C=C(CCC(C)C)CCC1. The third kappa shape index (κ3) is 4.28. The number of hydrogen-bond donors (Lipinski definition) is 0. The number of hydrogen-bond acceptors (Lipinski definition) is 1. The van der Waals surface area contributed by atoms with Gasteiger partial charge in [-0.1, -0.05) is 25.5 Å². The number of rotatable bonds is 5. The van der Waals surface area contributed by atoms with Crippen molar-refractivity contribution in [3.8, 4) is 0 Å². The molecule has 0 saturated heterocycles. The van der Waals surface area contributed by atoms with Gasteiger partial charge in [-0.15, -0.1) is 0 Å². The molecule has 1 nitrogen and oxygen atoms in total. The summed E-state index contributed by atoms with van der Waals surface area (Å²) >= 11 is 0. The van der Waals surface area contributed by atoms with Crippen molar-refractivity contribution in [3.05, 3.63) is 11.6 Å². The first-order valence-corrected chi connectivity index (χ1v) is 5.91. The highest BCUT2D eigenvalue weighted by atomic mass is 16.5. The molecule has 14 heavy (non-hydrogen) atoms. The van der Waals surface area contributed by atoms with Crippen LogP contribution in [0.2, 0.25) is 0 Å². The van der Waals surface area contributed by atoms with Gasteiger partial charge < -0.3 is 4.74 Å². The van der Waals surface area contributed by atoms with Gasteiger partial charge in [0.15, 0.2) is 0 Å². The van der Waals surface area contributed by atoms with Crippen LogP contribution in [-0.2, 0) is 4.74 Å². The van der Waals surface area contributed by atoms with Gasteiger partial charge in [-0.25, -0.2) is 0 Å². The minimum atomic E-state index is 0.691. The van der Waals surface area contributed by atoms with E-state index in [1.807, 2.05) is 0 Å². The van der Waals surface area contributed by atoms with Gasteiger partial charge in [0.1, 0.15) is 0 Å². The Kier molecular flexibility index (Phi) is 5.24. The molecule has 1 aliphatic carbocycles. The molecule has 0 aromatic carbocycles. The van der Waals surface area contributed by atoms with Gasteiger partial charge in [0.05, 0.1) is 6.61 Å². The molecule has 0 heterocycles. The third-order valence-corrected chi connectivity index (χ3v) is 2.97. The van der Waals surface area contributed by atoms with Crippen molar-refractivity contribution >= 4 is 0 Å². The molecule has 1 heteroatoms. The summed E-state index contributed by atoms with van der Waals surface area (Å²) in [6.07, 6.45) is 9.11. The molecule has 0 fully saturated rings. The fourth-order valence-electron chi connectivity index (χ4n) is 2.12. The maximum Gasteiger partial charge on any atom is 0.0525 e. The van der Waals surface area contributed by atoms with Gasteiger partial charge in [0, 0.05) is 13.0 Å². The maximum atomic E-state index is 5.21. The molecule has 1 aliphatic rings. The zero-order chi connectivity index (χ0) is 10.4. The molecule has 0 spiro atoms. The van der Waals surface area contributed by atoms with Crippen LogP contribution in [0.1, 0.15) is 46.0 Å². The largest absolute Gasteiger partial charge is 0.384 e. The predicted octanol–water partition coefficient (Wildman–Crippen LogP) is 3.80. The summed E-state index contributed by atoms with van der Waals surface area (Å²) in [4.78, 5) is 0. The zero-order valence-electron chi connectivity index (χ0n) is 9.88. The van der Waals surface area contributed by atoms with Crippen molar-refractivity contribution < 1.29 is 4.74 Å². The summed E-state index contributed by atoms with van der Waals surface area (Å²) < 4.78 is 5.21. The summed E-state index contributed by atoms with van der Waals surface area (Å²) in [5.74, 6) is 1.52. The first kappa shape index (κ1) is 11.8. The van der Waals surface area contributed by atoms with E-state index in [2.05, 4.69) is 19.9 Å². The molecule has 0 aliphatic heterocycles. The second-order valence-corrected chi connectivity index (χ2v) is 4.87. The molecule has 0 amide bonds. The van der Waals surface area contributed by atoms with Crippen molar-refractivity contribution in [2.75, 3.05) is 13.7 Å². The van der Waals surface area contributed by atoms with Crippen LogP contribution in [0.4, 0.5) is 0 Å². The van der Waals surface area contributed by atoms with E-state index in [1.54, 1.807) is 12.7 Å². The van der Waals surface area contributed by atoms with Crippen LogP contribution in [0, 0.1) is 11.8 Å². The Morgan fingerprint density at radius 3 is 2.93 bits per heavy atom. The van der Waals surface area contributed by atoms with Crippen molar-refractivity contribution in [1.82, 2.24) is 0 Å². The minimum absolute atomic E-state index is 0.691. The second kappa shape index (κ2) is 6.23. The first-order valence-electron chi connectivity index (χ1n) is 5.91. The van der Waals surface area contributed by atoms with Crippen LogP contribution in [0.25, 0.3) is 0 Å². The quantitative estimate of drug-likeness (QED) is 0.608. The Morgan fingerprint density at radius 2 is 2.29 bits per heavy atom. The van der Waals surface area contributed by atoms with E-state index in [-0.39, 0.29) is 0 Å². The molecule has 0 aromatic rings. The average molecular weight is 196 g/mol. The molecule has 1 atom stereocenters. The van der Waals surface area contributed by atoms with Crippen LogP contribution in [0.15, 0.2) is 11.6 Å². The van der Waals surface area contributed by atoms with E-state index in [0.717, 1.165) is 12.5 Å². The van der Waals surface area contributed by atoms with Crippen molar-refractivity contribution in [1.29, 1.82) is 0 Å². The molecule has 0 aromatic heterocycles. The fraction of sp³-hybridized carbons (Fsp3) is 0.846. The maximum absolute atomic E-state index is 5.21. The van der Waals surface area contributed by atoms with Gasteiger partial charge in [0.25, 0.3) is 0 Å². The Labute approximate surface area is 88.5 Å². The van der Waals surface area contributed by atoms with E-state index in [1.165, 1.54) is 32.1 Å². The lowest BCUT2D eigenvalue weighted by Gasteiger charge is -2.21.